The number of amides is 1. The van der Waals surface area contributed by atoms with E-state index in [1.807, 2.05) is 0 Å². The van der Waals surface area contributed by atoms with Gasteiger partial charge in [0.2, 0.25) is 6.10 Å². The molecule has 0 aliphatic heterocycles. The zero-order valence-corrected chi connectivity index (χ0v) is 13.9. The molecule has 2 N–H and O–H groups in total. The summed E-state index contributed by atoms with van der Waals surface area (Å²) in [4.78, 5) is 24.0. The lowest BCUT2D eigenvalue weighted by molar-refractivity contribution is -0.127. The van der Waals surface area contributed by atoms with Crippen LogP contribution >= 0.6 is 11.6 Å². The summed E-state index contributed by atoms with van der Waals surface area (Å²) in [5.74, 6) is -0.968. The fourth-order valence-electron chi connectivity index (χ4n) is 2.13. The molecule has 6 nitrogen and oxygen atoms in total. The molecule has 1 atom stereocenters. The minimum absolute atomic E-state index is 0.111. The summed E-state index contributed by atoms with van der Waals surface area (Å²) in [7, 11) is 2.85. The van der Waals surface area contributed by atoms with Gasteiger partial charge < -0.3 is 19.9 Å². The van der Waals surface area contributed by atoms with E-state index in [1.165, 1.54) is 26.4 Å². The van der Waals surface area contributed by atoms with Crippen LogP contribution in [-0.2, 0) is 9.53 Å². The van der Waals surface area contributed by atoms with E-state index in [1.54, 1.807) is 30.3 Å². The van der Waals surface area contributed by atoms with Crippen LogP contribution in [0, 0.1) is 0 Å². The summed E-state index contributed by atoms with van der Waals surface area (Å²) >= 11 is 6.07. The van der Waals surface area contributed by atoms with Gasteiger partial charge in [0.05, 0.1) is 24.8 Å². The number of primary amides is 1. The second-order valence-electron chi connectivity index (χ2n) is 4.79. The normalized spacial score (nSPS) is 11.5. The third-order valence-electron chi connectivity index (χ3n) is 3.25. The standard InChI is InChI=1S/C17H16ClNO5/c1-22-13-9-11(8-12(18)15(13)23-2)17(21)24-14(16(19)20)10-6-4-3-5-7-10/h3-9,14H,1-2H3,(H2,19,20). The Hall–Kier alpha value is -2.73. The van der Waals surface area contributed by atoms with Crippen molar-refractivity contribution in [3.05, 3.63) is 58.6 Å². The highest BCUT2D eigenvalue weighted by Gasteiger charge is 2.24. The molecule has 0 aromatic heterocycles. The molecule has 2 aromatic rings. The third kappa shape index (κ3) is 3.78. The van der Waals surface area contributed by atoms with E-state index in [2.05, 4.69) is 0 Å². The maximum absolute atomic E-state index is 12.4. The van der Waals surface area contributed by atoms with E-state index in [0.29, 0.717) is 11.3 Å². The maximum Gasteiger partial charge on any atom is 0.339 e. The molecule has 2 rings (SSSR count). The Morgan fingerprint density at radius 3 is 2.29 bits per heavy atom. The summed E-state index contributed by atoms with van der Waals surface area (Å²) in [6, 6.07) is 11.3. The topological polar surface area (TPSA) is 87.9 Å². The molecule has 0 saturated carbocycles. The first-order chi connectivity index (χ1) is 11.5. The monoisotopic (exact) mass is 349 g/mol. The number of methoxy groups -OCH3 is 2. The van der Waals surface area contributed by atoms with E-state index in [4.69, 9.17) is 31.5 Å². The highest BCUT2D eigenvalue weighted by atomic mass is 35.5. The van der Waals surface area contributed by atoms with Crippen LogP contribution in [0.4, 0.5) is 0 Å². The fourth-order valence-corrected chi connectivity index (χ4v) is 2.42. The largest absolute Gasteiger partial charge is 0.493 e. The van der Waals surface area contributed by atoms with Gasteiger partial charge in [-0.05, 0) is 12.1 Å². The first kappa shape index (κ1) is 17.6. The molecular weight excluding hydrogens is 334 g/mol. The second-order valence-corrected chi connectivity index (χ2v) is 5.20. The lowest BCUT2D eigenvalue weighted by Crippen LogP contribution is -2.26. The fraction of sp³-hybridized carbons (Fsp3) is 0.176. The predicted octanol–water partition coefficient (Wildman–Crippen LogP) is 2.74. The van der Waals surface area contributed by atoms with Crippen molar-refractivity contribution in [3.8, 4) is 11.5 Å². The minimum Gasteiger partial charge on any atom is -0.493 e. The first-order valence-corrected chi connectivity index (χ1v) is 7.32. The van der Waals surface area contributed by atoms with Gasteiger partial charge in [0.15, 0.2) is 11.5 Å². The number of carbonyl (C=O) groups excluding carboxylic acids is 2. The molecule has 0 spiro atoms. The molecule has 1 amide bonds. The van der Waals surface area contributed by atoms with E-state index >= 15 is 0 Å². The lowest BCUT2D eigenvalue weighted by Gasteiger charge is -2.16. The highest BCUT2D eigenvalue weighted by Crippen LogP contribution is 2.36. The zero-order valence-electron chi connectivity index (χ0n) is 13.1. The zero-order chi connectivity index (χ0) is 17.7. The summed E-state index contributed by atoms with van der Waals surface area (Å²) in [6.45, 7) is 0. The Morgan fingerprint density at radius 1 is 1.08 bits per heavy atom. The molecule has 7 heteroatoms. The molecule has 0 heterocycles. The molecular formula is C17H16ClNO5. The van der Waals surface area contributed by atoms with Gasteiger partial charge in [-0.2, -0.15) is 0 Å². The molecule has 126 valence electrons. The number of ether oxygens (including phenoxy) is 3. The van der Waals surface area contributed by atoms with Crippen LogP contribution in [0.5, 0.6) is 11.5 Å². The maximum atomic E-state index is 12.4. The number of carbonyl (C=O) groups is 2. The van der Waals surface area contributed by atoms with Gasteiger partial charge in [-0.3, -0.25) is 4.79 Å². The van der Waals surface area contributed by atoms with Gasteiger partial charge >= 0.3 is 5.97 Å². The van der Waals surface area contributed by atoms with Crippen molar-refractivity contribution in [1.29, 1.82) is 0 Å². The Balaban J connectivity index is 2.31. The van der Waals surface area contributed by atoms with E-state index in [-0.39, 0.29) is 16.3 Å². The Morgan fingerprint density at radius 2 is 1.75 bits per heavy atom. The number of esters is 1. The summed E-state index contributed by atoms with van der Waals surface area (Å²) in [5.41, 5.74) is 5.93. The van der Waals surface area contributed by atoms with Crippen LogP contribution in [0.25, 0.3) is 0 Å². The summed E-state index contributed by atoms with van der Waals surface area (Å²) in [6.07, 6.45) is -1.20. The number of hydrogen-bond acceptors (Lipinski definition) is 5. The number of hydrogen-bond donors (Lipinski definition) is 1. The van der Waals surface area contributed by atoms with E-state index in [0.717, 1.165) is 0 Å². The quantitative estimate of drug-likeness (QED) is 0.810. The SMILES string of the molecule is COc1cc(C(=O)OC(C(N)=O)c2ccccc2)cc(Cl)c1OC. The molecule has 2 aromatic carbocycles. The second kappa shape index (κ2) is 7.70. The molecule has 0 aliphatic carbocycles. The van der Waals surface area contributed by atoms with Gasteiger partial charge in [0.1, 0.15) is 0 Å². The van der Waals surface area contributed by atoms with Crippen LogP contribution < -0.4 is 15.2 Å². The first-order valence-electron chi connectivity index (χ1n) is 6.94. The number of benzene rings is 2. The molecule has 0 fully saturated rings. The number of halogens is 1. The van der Waals surface area contributed by atoms with Gasteiger partial charge in [0.25, 0.3) is 5.91 Å². The predicted molar refractivity (Wildman–Crippen MR) is 88.3 cm³/mol. The summed E-state index contributed by atoms with van der Waals surface area (Å²) < 4.78 is 15.5. The van der Waals surface area contributed by atoms with Crippen LogP contribution in [-0.4, -0.2) is 26.1 Å². The Labute approximate surface area is 144 Å². The Bertz CT molecular complexity index is 748. The van der Waals surface area contributed by atoms with Crippen LogP contribution in [0.3, 0.4) is 0 Å². The van der Waals surface area contributed by atoms with Crippen molar-refractivity contribution in [1.82, 2.24) is 0 Å². The Kier molecular flexibility index (Phi) is 5.65. The third-order valence-corrected chi connectivity index (χ3v) is 3.54. The van der Waals surface area contributed by atoms with Gasteiger partial charge in [-0.25, -0.2) is 4.79 Å². The van der Waals surface area contributed by atoms with Crippen LogP contribution in [0.15, 0.2) is 42.5 Å². The van der Waals surface area contributed by atoms with Crippen LogP contribution in [0.2, 0.25) is 5.02 Å². The van der Waals surface area contributed by atoms with Crippen molar-refractivity contribution in [2.24, 2.45) is 5.73 Å². The van der Waals surface area contributed by atoms with E-state index < -0.39 is 18.0 Å². The van der Waals surface area contributed by atoms with Gasteiger partial charge in [0, 0.05) is 5.56 Å². The van der Waals surface area contributed by atoms with Crippen molar-refractivity contribution >= 4 is 23.5 Å². The average Bonchev–Trinajstić information content (AvgIpc) is 2.59. The van der Waals surface area contributed by atoms with Gasteiger partial charge in [-0.1, -0.05) is 41.9 Å². The summed E-state index contributed by atoms with van der Waals surface area (Å²) in [5, 5.41) is 0.180. The molecule has 1 unspecified atom stereocenters. The van der Waals surface area contributed by atoms with E-state index in [9.17, 15) is 9.59 Å². The number of nitrogens with two attached hydrogens (primary N) is 1. The molecule has 0 bridgehead atoms. The minimum atomic E-state index is -1.20. The molecule has 0 aliphatic rings. The van der Waals surface area contributed by atoms with Gasteiger partial charge in [-0.15, -0.1) is 0 Å². The molecule has 24 heavy (non-hydrogen) atoms. The molecule has 0 radical (unpaired) electrons. The highest BCUT2D eigenvalue weighted by molar-refractivity contribution is 6.32. The van der Waals surface area contributed by atoms with Crippen molar-refractivity contribution in [3.63, 3.8) is 0 Å². The smallest absolute Gasteiger partial charge is 0.339 e. The van der Waals surface area contributed by atoms with Crippen molar-refractivity contribution in [2.75, 3.05) is 14.2 Å². The molecule has 0 saturated heterocycles. The average molecular weight is 350 g/mol. The lowest BCUT2D eigenvalue weighted by atomic mass is 10.1. The van der Waals surface area contributed by atoms with Crippen molar-refractivity contribution < 1.29 is 23.8 Å². The van der Waals surface area contributed by atoms with Crippen molar-refractivity contribution in [2.45, 2.75) is 6.10 Å². The van der Waals surface area contributed by atoms with Crippen LogP contribution in [0.1, 0.15) is 22.0 Å². The number of rotatable bonds is 6.